The minimum Gasteiger partial charge on any atom is -0.389 e. The third-order valence-corrected chi connectivity index (χ3v) is 5.95. The van der Waals surface area contributed by atoms with Gasteiger partial charge in [-0.15, -0.1) is 0 Å². The van der Waals surface area contributed by atoms with E-state index in [-0.39, 0.29) is 23.6 Å². The van der Waals surface area contributed by atoms with Crippen LogP contribution in [0.4, 0.5) is 19.1 Å². The van der Waals surface area contributed by atoms with Crippen molar-refractivity contribution in [2.45, 2.75) is 32.2 Å². The van der Waals surface area contributed by atoms with Crippen molar-refractivity contribution >= 4 is 39.4 Å². The molecule has 0 aliphatic carbocycles. The van der Waals surface area contributed by atoms with Crippen molar-refractivity contribution in [3.8, 4) is 16.8 Å². The molecule has 0 amide bonds. The number of aliphatic hydroxyl groups is 1. The third kappa shape index (κ3) is 5.48. The summed E-state index contributed by atoms with van der Waals surface area (Å²) in [6, 6.07) is 11.8. The second kappa shape index (κ2) is 9.41. The fourth-order valence-corrected chi connectivity index (χ4v) is 4.26. The van der Waals surface area contributed by atoms with Crippen molar-refractivity contribution in [1.82, 2.24) is 24.3 Å². The Morgan fingerprint density at radius 1 is 1.05 bits per heavy atom. The molecule has 0 radical (unpaired) electrons. The van der Waals surface area contributed by atoms with Gasteiger partial charge in [0.25, 0.3) is 5.56 Å². The zero-order valence-electron chi connectivity index (χ0n) is 20.3. The van der Waals surface area contributed by atoms with Crippen molar-refractivity contribution in [2.75, 3.05) is 11.9 Å². The van der Waals surface area contributed by atoms with Gasteiger partial charge in [-0.05, 0) is 49.7 Å². The number of hydrogen-bond acceptors (Lipinski definition) is 6. The van der Waals surface area contributed by atoms with Crippen molar-refractivity contribution in [2.24, 2.45) is 0 Å². The maximum atomic E-state index is 13.8. The number of rotatable bonds is 6. The van der Waals surface area contributed by atoms with Gasteiger partial charge >= 0.3 is 6.18 Å². The highest BCUT2D eigenvalue weighted by Crippen LogP contribution is 2.28. The topological polar surface area (TPSA) is 97.9 Å². The van der Waals surface area contributed by atoms with Gasteiger partial charge < -0.3 is 10.4 Å². The molecule has 0 fully saturated rings. The highest BCUT2D eigenvalue weighted by Gasteiger charge is 2.27. The van der Waals surface area contributed by atoms with Crippen molar-refractivity contribution in [3.63, 3.8) is 0 Å². The van der Waals surface area contributed by atoms with Crippen LogP contribution >= 0.6 is 11.6 Å². The lowest BCUT2D eigenvalue weighted by Crippen LogP contribution is -2.26. The number of alkyl halides is 3. The van der Waals surface area contributed by atoms with Crippen LogP contribution in [0.3, 0.4) is 0 Å². The third-order valence-electron chi connectivity index (χ3n) is 5.70. The number of nitrogens with zero attached hydrogens (tertiary/aromatic N) is 5. The molecule has 0 bridgehead atoms. The lowest BCUT2D eigenvalue weighted by molar-refractivity contribution is -0.115. The minimum atomic E-state index is -4.46. The Kier molecular flexibility index (Phi) is 6.36. The number of anilines is 1. The summed E-state index contributed by atoms with van der Waals surface area (Å²) < 4.78 is 41.3. The van der Waals surface area contributed by atoms with Gasteiger partial charge in [-0.1, -0.05) is 23.7 Å². The van der Waals surface area contributed by atoms with E-state index in [9.17, 15) is 23.1 Å². The van der Waals surface area contributed by atoms with Crippen molar-refractivity contribution in [3.05, 3.63) is 76.4 Å². The molecule has 0 unspecified atom stereocenters. The zero-order chi connectivity index (χ0) is 27.2. The van der Waals surface area contributed by atoms with Crippen LogP contribution in [0.5, 0.6) is 0 Å². The molecule has 5 rings (SSSR count). The van der Waals surface area contributed by atoms with Gasteiger partial charge in [0.2, 0.25) is 5.95 Å². The molecule has 3 aromatic heterocycles. The summed E-state index contributed by atoms with van der Waals surface area (Å²) in [6.07, 6.45) is 0.244. The highest BCUT2D eigenvalue weighted by molar-refractivity contribution is 6.30. The first-order valence-corrected chi connectivity index (χ1v) is 11.9. The standard InChI is InChI=1S/C26H22ClF3N6O2/c1-25(2,38)14-35-11-16-9-19(7-8-20(16)34-35)36-12-17-10-31-24(32-13-26(28,29)30)33-22(17)21(23(36)37)15-3-5-18(27)6-4-15/h3-12,38H,13-14H2,1-2H3,(H,32,33). The first-order chi connectivity index (χ1) is 17.9. The van der Waals surface area contributed by atoms with Crippen LogP contribution in [0, 0.1) is 0 Å². The number of pyridine rings is 1. The fourth-order valence-electron chi connectivity index (χ4n) is 4.13. The largest absolute Gasteiger partial charge is 0.405 e. The van der Waals surface area contributed by atoms with E-state index < -0.39 is 23.9 Å². The average molecular weight is 543 g/mol. The fraction of sp³-hybridized carbons (Fsp3) is 0.231. The number of hydrogen-bond donors (Lipinski definition) is 2. The SMILES string of the molecule is CC(C)(O)Cn1cc2cc(-n3cc4cnc(NCC(F)(F)F)nc4c(-c4ccc(Cl)cc4)c3=O)ccc2n1. The van der Waals surface area contributed by atoms with Gasteiger partial charge in [0.15, 0.2) is 0 Å². The predicted octanol–water partition coefficient (Wildman–Crippen LogP) is 5.20. The van der Waals surface area contributed by atoms with Crippen LogP contribution in [-0.4, -0.2) is 47.7 Å². The normalized spacial score (nSPS) is 12.4. The Labute approximate surface area is 219 Å². The number of aromatic nitrogens is 5. The van der Waals surface area contributed by atoms with Crippen LogP contribution < -0.4 is 10.9 Å². The van der Waals surface area contributed by atoms with Crippen LogP contribution in [0.2, 0.25) is 5.02 Å². The number of benzene rings is 2. The van der Waals surface area contributed by atoms with E-state index in [1.54, 1.807) is 73.4 Å². The molecular weight excluding hydrogens is 521 g/mol. The molecule has 12 heteroatoms. The van der Waals surface area contributed by atoms with Gasteiger partial charge in [0, 0.05) is 40.1 Å². The summed E-state index contributed by atoms with van der Waals surface area (Å²) in [4.78, 5) is 22.1. The maximum Gasteiger partial charge on any atom is 0.405 e. The Hall–Kier alpha value is -3.96. The smallest absolute Gasteiger partial charge is 0.389 e. The lowest BCUT2D eigenvalue weighted by atomic mass is 10.0. The summed E-state index contributed by atoms with van der Waals surface area (Å²) in [5, 5.41) is 18.4. The Morgan fingerprint density at radius 3 is 2.47 bits per heavy atom. The quantitative estimate of drug-likeness (QED) is 0.306. The maximum absolute atomic E-state index is 13.8. The molecule has 0 atom stereocenters. The first-order valence-electron chi connectivity index (χ1n) is 11.6. The van der Waals surface area contributed by atoms with E-state index in [0.717, 1.165) is 5.39 Å². The summed E-state index contributed by atoms with van der Waals surface area (Å²) >= 11 is 6.04. The Balaban J connectivity index is 1.67. The molecule has 196 valence electrons. The molecule has 38 heavy (non-hydrogen) atoms. The van der Waals surface area contributed by atoms with Gasteiger partial charge in [-0.2, -0.15) is 18.3 Å². The predicted molar refractivity (Wildman–Crippen MR) is 140 cm³/mol. The molecule has 0 saturated heterocycles. The summed E-state index contributed by atoms with van der Waals surface area (Å²) in [6.45, 7) is 2.34. The molecule has 8 nitrogen and oxygen atoms in total. The monoisotopic (exact) mass is 542 g/mol. The van der Waals surface area contributed by atoms with Gasteiger partial charge in [-0.3, -0.25) is 14.0 Å². The molecule has 3 heterocycles. The van der Waals surface area contributed by atoms with E-state index in [1.807, 2.05) is 0 Å². The van der Waals surface area contributed by atoms with E-state index >= 15 is 0 Å². The minimum absolute atomic E-state index is 0.189. The molecular formula is C26H22ClF3N6O2. The van der Waals surface area contributed by atoms with E-state index in [1.165, 1.54) is 10.8 Å². The van der Waals surface area contributed by atoms with Crippen LogP contribution in [0.15, 0.2) is 65.8 Å². The molecule has 2 aromatic carbocycles. The van der Waals surface area contributed by atoms with Gasteiger partial charge in [0.05, 0.1) is 28.7 Å². The molecule has 0 aliphatic rings. The lowest BCUT2D eigenvalue weighted by Gasteiger charge is -2.16. The molecule has 0 aliphatic heterocycles. The Morgan fingerprint density at radius 2 is 1.79 bits per heavy atom. The average Bonchev–Trinajstić information content (AvgIpc) is 3.22. The summed E-state index contributed by atoms with van der Waals surface area (Å²) in [7, 11) is 0. The second-order valence-corrected chi connectivity index (χ2v) is 9.97. The van der Waals surface area contributed by atoms with Crippen molar-refractivity contribution in [1.29, 1.82) is 0 Å². The van der Waals surface area contributed by atoms with Gasteiger partial charge in [0.1, 0.15) is 6.54 Å². The molecule has 2 N–H and O–H groups in total. The summed E-state index contributed by atoms with van der Waals surface area (Å²) in [5.41, 5.74) is 0.736. The van der Waals surface area contributed by atoms with E-state index in [0.29, 0.717) is 27.2 Å². The van der Waals surface area contributed by atoms with Crippen LogP contribution in [-0.2, 0) is 6.54 Å². The van der Waals surface area contributed by atoms with E-state index in [4.69, 9.17) is 11.6 Å². The zero-order valence-corrected chi connectivity index (χ0v) is 21.0. The number of halogens is 4. The second-order valence-electron chi connectivity index (χ2n) is 9.53. The summed E-state index contributed by atoms with van der Waals surface area (Å²) in [5.74, 6) is -0.247. The molecule has 0 saturated carbocycles. The van der Waals surface area contributed by atoms with E-state index in [2.05, 4.69) is 20.4 Å². The van der Waals surface area contributed by atoms with Gasteiger partial charge in [-0.25, -0.2) is 9.97 Å². The van der Waals surface area contributed by atoms with Crippen LogP contribution in [0.1, 0.15) is 13.8 Å². The van der Waals surface area contributed by atoms with Crippen molar-refractivity contribution < 1.29 is 18.3 Å². The Bertz CT molecular complexity index is 1710. The highest BCUT2D eigenvalue weighted by atomic mass is 35.5. The molecule has 5 aromatic rings. The first kappa shape index (κ1) is 25.7. The number of nitrogens with one attached hydrogen (secondary N) is 1. The number of fused-ring (bicyclic) bond motifs is 2. The van der Waals surface area contributed by atoms with Crippen LogP contribution in [0.25, 0.3) is 38.6 Å². The molecule has 0 spiro atoms.